The molecule has 0 aliphatic carbocycles. The van der Waals surface area contributed by atoms with Crippen LogP contribution in [0.5, 0.6) is 0 Å². The van der Waals surface area contributed by atoms with Crippen molar-refractivity contribution in [2.75, 3.05) is 21.1 Å². The van der Waals surface area contributed by atoms with E-state index in [1.54, 1.807) is 0 Å². The minimum absolute atomic E-state index is 0.164. The van der Waals surface area contributed by atoms with E-state index >= 15 is 0 Å². The average Bonchev–Trinajstić information content (AvgIpc) is 2.61. The number of ether oxygens (including phenoxy) is 1. The van der Waals surface area contributed by atoms with Crippen molar-refractivity contribution in [1.29, 1.82) is 0 Å². The first kappa shape index (κ1) is 17.2. The van der Waals surface area contributed by atoms with E-state index in [1.807, 2.05) is 0 Å². The van der Waals surface area contributed by atoms with Crippen molar-refractivity contribution in [3.63, 3.8) is 0 Å². The Balaban J connectivity index is 1.99. The van der Waals surface area contributed by atoms with E-state index in [1.165, 1.54) is 11.1 Å². The quantitative estimate of drug-likeness (QED) is 0.720. The van der Waals surface area contributed by atoms with Gasteiger partial charge in [-0.15, -0.1) is 0 Å². The maximum atomic E-state index is 6.68. The zero-order chi connectivity index (χ0) is 17.2. The van der Waals surface area contributed by atoms with E-state index < -0.39 is 0 Å². The van der Waals surface area contributed by atoms with E-state index in [0.29, 0.717) is 12.0 Å². The molecule has 2 heteroatoms. The highest BCUT2D eigenvalue weighted by atomic mass is 16.5. The second-order valence-electron chi connectivity index (χ2n) is 7.86. The third-order valence-electron chi connectivity index (χ3n) is 5.42. The summed E-state index contributed by atoms with van der Waals surface area (Å²) in [5.41, 5.74) is 2.61. The number of benzene rings is 2. The smallest absolute Gasteiger partial charge is 0.0969 e. The molecule has 3 rings (SSSR count). The lowest BCUT2D eigenvalue weighted by molar-refractivity contribution is -0.903. The number of rotatable bonds is 4. The van der Waals surface area contributed by atoms with Crippen LogP contribution in [0.3, 0.4) is 0 Å². The molecule has 0 saturated carbocycles. The average molecular weight is 324 g/mol. The largest absolute Gasteiger partial charge is 0.365 e. The summed E-state index contributed by atoms with van der Waals surface area (Å²) in [6, 6.07) is 22.0. The van der Waals surface area contributed by atoms with Crippen LogP contribution in [0, 0.1) is 5.92 Å². The molecule has 0 unspecified atom stereocenters. The van der Waals surface area contributed by atoms with Gasteiger partial charge in [-0.2, -0.15) is 0 Å². The Hall–Kier alpha value is -1.64. The molecule has 1 heterocycles. The Labute approximate surface area is 146 Å². The third kappa shape index (κ3) is 3.55. The van der Waals surface area contributed by atoms with Gasteiger partial charge >= 0.3 is 0 Å². The zero-order valence-corrected chi connectivity index (χ0v) is 15.4. The molecule has 2 aromatic carbocycles. The molecule has 0 aromatic heterocycles. The zero-order valence-electron chi connectivity index (χ0n) is 15.4. The van der Waals surface area contributed by atoms with Crippen LogP contribution in [-0.2, 0) is 4.74 Å². The number of nitrogens with zero attached hydrogens (tertiary/aromatic N) is 1. The minimum Gasteiger partial charge on any atom is -0.365 e. The van der Waals surface area contributed by atoms with Crippen LogP contribution in [0.25, 0.3) is 0 Å². The van der Waals surface area contributed by atoms with Gasteiger partial charge in [-0.3, -0.25) is 0 Å². The predicted molar refractivity (Wildman–Crippen MR) is 99.7 cm³/mol. The standard InChI is InChI=1S/C22H30NO/c1-5-19-20(23(2,3)4)16-21(17-12-8-6-9-13-17)24-22(19)18-14-10-7-11-15-18/h6-15,19-22H,5,16H2,1-4H3/q+1/t19-,20+,21+,22+/m1/s1. The number of quaternary nitrogens is 1. The Bertz CT molecular complexity index is 632. The Kier molecular flexibility index (Phi) is 5.07. The molecule has 24 heavy (non-hydrogen) atoms. The molecule has 128 valence electrons. The second kappa shape index (κ2) is 7.08. The van der Waals surface area contributed by atoms with E-state index in [2.05, 4.69) is 88.7 Å². The molecule has 0 amide bonds. The van der Waals surface area contributed by atoms with Crippen LogP contribution in [0.4, 0.5) is 0 Å². The van der Waals surface area contributed by atoms with E-state index in [-0.39, 0.29) is 12.2 Å². The summed E-state index contributed by atoms with van der Waals surface area (Å²) in [4.78, 5) is 0. The fraction of sp³-hybridized carbons (Fsp3) is 0.455. The molecule has 1 aliphatic heterocycles. The van der Waals surface area contributed by atoms with Crippen molar-refractivity contribution >= 4 is 0 Å². The lowest BCUT2D eigenvalue weighted by atomic mass is 9.79. The normalized spacial score (nSPS) is 27.8. The molecule has 1 fully saturated rings. The summed E-state index contributed by atoms with van der Waals surface area (Å²) in [7, 11) is 6.97. The van der Waals surface area contributed by atoms with Crippen molar-refractivity contribution in [2.45, 2.75) is 38.0 Å². The molecule has 4 atom stereocenters. The molecule has 1 aliphatic rings. The van der Waals surface area contributed by atoms with Crippen molar-refractivity contribution < 1.29 is 9.22 Å². The summed E-state index contributed by atoms with van der Waals surface area (Å²) in [6.07, 6.45) is 2.55. The molecule has 0 radical (unpaired) electrons. The van der Waals surface area contributed by atoms with Crippen LogP contribution in [0.2, 0.25) is 0 Å². The Morgan fingerprint density at radius 3 is 1.92 bits per heavy atom. The molecule has 2 aromatic rings. The van der Waals surface area contributed by atoms with Crippen LogP contribution < -0.4 is 0 Å². The van der Waals surface area contributed by atoms with Crippen molar-refractivity contribution in [3.05, 3.63) is 71.8 Å². The van der Waals surface area contributed by atoms with Gasteiger partial charge in [0.2, 0.25) is 0 Å². The van der Waals surface area contributed by atoms with Crippen LogP contribution in [0.15, 0.2) is 60.7 Å². The summed E-state index contributed by atoms with van der Waals surface area (Å²) in [6.45, 7) is 2.30. The molecule has 2 nitrogen and oxygen atoms in total. The maximum Gasteiger partial charge on any atom is 0.0969 e. The van der Waals surface area contributed by atoms with E-state index in [4.69, 9.17) is 4.74 Å². The topological polar surface area (TPSA) is 9.23 Å². The van der Waals surface area contributed by atoms with Crippen molar-refractivity contribution in [1.82, 2.24) is 0 Å². The van der Waals surface area contributed by atoms with Crippen LogP contribution in [0.1, 0.15) is 43.1 Å². The van der Waals surface area contributed by atoms with Gasteiger partial charge in [0.05, 0.1) is 39.4 Å². The van der Waals surface area contributed by atoms with Gasteiger partial charge in [0.1, 0.15) is 0 Å². The first-order valence-corrected chi connectivity index (χ1v) is 9.07. The first-order valence-electron chi connectivity index (χ1n) is 9.07. The molecular weight excluding hydrogens is 294 g/mol. The lowest BCUT2D eigenvalue weighted by Gasteiger charge is -2.48. The van der Waals surface area contributed by atoms with Gasteiger partial charge in [-0.05, 0) is 17.5 Å². The van der Waals surface area contributed by atoms with Gasteiger partial charge in [-0.25, -0.2) is 0 Å². The summed E-state index contributed by atoms with van der Waals surface area (Å²) in [5, 5.41) is 0. The van der Waals surface area contributed by atoms with E-state index in [9.17, 15) is 0 Å². The van der Waals surface area contributed by atoms with Gasteiger partial charge in [0, 0.05) is 12.3 Å². The van der Waals surface area contributed by atoms with Crippen LogP contribution in [-0.4, -0.2) is 31.7 Å². The molecular formula is C22H30NO+. The highest BCUT2D eigenvalue weighted by Crippen LogP contribution is 2.46. The Morgan fingerprint density at radius 2 is 1.42 bits per heavy atom. The van der Waals surface area contributed by atoms with Crippen LogP contribution >= 0.6 is 0 Å². The van der Waals surface area contributed by atoms with Gasteiger partial charge in [0.15, 0.2) is 0 Å². The van der Waals surface area contributed by atoms with Crippen molar-refractivity contribution in [3.8, 4) is 0 Å². The fourth-order valence-electron chi connectivity index (χ4n) is 4.16. The summed E-state index contributed by atoms with van der Waals surface area (Å²) >= 11 is 0. The fourth-order valence-corrected chi connectivity index (χ4v) is 4.16. The monoisotopic (exact) mass is 324 g/mol. The second-order valence-corrected chi connectivity index (χ2v) is 7.86. The molecule has 0 spiro atoms. The van der Waals surface area contributed by atoms with E-state index in [0.717, 1.165) is 17.3 Å². The minimum atomic E-state index is 0.164. The molecule has 0 bridgehead atoms. The molecule has 1 saturated heterocycles. The highest BCUT2D eigenvalue weighted by Gasteiger charge is 2.45. The lowest BCUT2D eigenvalue weighted by Crippen LogP contribution is -2.54. The van der Waals surface area contributed by atoms with Gasteiger partial charge in [-0.1, -0.05) is 67.6 Å². The maximum absolute atomic E-state index is 6.68. The SMILES string of the molecule is CC[C@H]1[C@H](c2ccccc2)O[C@H](c2ccccc2)C[C@@H]1[N+](C)(C)C. The van der Waals surface area contributed by atoms with Gasteiger partial charge in [0.25, 0.3) is 0 Å². The number of hydrogen-bond acceptors (Lipinski definition) is 1. The number of hydrogen-bond donors (Lipinski definition) is 0. The molecule has 0 N–H and O–H groups in total. The summed E-state index contributed by atoms with van der Waals surface area (Å²) in [5.74, 6) is 0.535. The summed E-state index contributed by atoms with van der Waals surface area (Å²) < 4.78 is 7.66. The van der Waals surface area contributed by atoms with Gasteiger partial charge < -0.3 is 9.22 Å². The third-order valence-corrected chi connectivity index (χ3v) is 5.42. The highest BCUT2D eigenvalue weighted by molar-refractivity contribution is 5.22. The predicted octanol–water partition coefficient (Wildman–Crippen LogP) is 4.99. The first-order chi connectivity index (χ1) is 11.5. The van der Waals surface area contributed by atoms with Crippen molar-refractivity contribution in [2.24, 2.45) is 5.92 Å². The Morgan fingerprint density at radius 1 is 0.875 bits per heavy atom.